The van der Waals surface area contributed by atoms with Crippen molar-refractivity contribution in [3.05, 3.63) is 30.3 Å². The molecule has 3 N–H and O–H groups in total. The SMILES string of the molecule is NC(=O)C1CCC[N+]1(C(=O)NC1=NCCCCCC1)c1ccccc1. The predicted octanol–water partition coefficient (Wildman–Crippen LogP) is 2.71. The van der Waals surface area contributed by atoms with E-state index < -0.39 is 11.9 Å². The minimum absolute atomic E-state index is 0.0464. The number of hydrogen-bond donors (Lipinski definition) is 2. The number of carbonyl (C=O) groups is 2. The second-order valence-electron chi connectivity index (χ2n) is 6.91. The number of para-hydroxylation sites is 1. The fourth-order valence-electron chi connectivity index (χ4n) is 4.01. The average molecular weight is 343 g/mol. The number of urea groups is 1. The molecule has 3 amide bonds. The second kappa shape index (κ2) is 7.78. The molecule has 2 heterocycles. The Hall–Kier alpha value is -2.21. The van der Waals surface area contributed by atoms with Gasteiger partial charge in [-0.25, -0.2) is 4.79 Å². The van der Waals surface area contributed by atoms with E-state index in [1.165, 1.54) is 6.42 Å². The normalized spacial score (nSPS) is 27.0. The maximum atomic E-state index is 13.3. The molecule has 2 aliphatic rings. The van der Waals surface area contributed by atoms with E-state index in [-0.39, 0.29) is 10.5 Å². The number of amidine groups is 1. The maximum absolute atomic E-state index is 13.3. The maximum Gasteiger partial charge on any atom is 0.427 e. The molecule has 6 heteroatoms. The van der Waals surface area contributed by atoms with Crippen LogP contribution in [-0.4, -0.2) is 36.9 Å². The summed E-state index contributed by atoms with van der Waals surface area (Å²) in [6.07, 6.45) is 6.65. The fraction of sp³-hybridized carbons (Fsp3) is 0.526. The van der Waals surface area contributed by atoms with Crippen LogP contribution in [0, 0.1) is 0 Å². The average Bonchev–Trinajstić information content (AvgIpc) is 3.04. The first-order chi connectivity index (χ1) is 12.1. The van der Waals surface area contributed by atoms with Gasteiger partial charge in [0.1, 0.15) is 11.5 Å². The van der Waals surface area contributed by atoms with Crippen LogP contribution in [0.3, 0.4) is 0 Å². The zero-order chi connectivity index (χ0) is 17.7. The van der Waals surface area contributed by atoms with Crippen molar-refractivity contribution in [2.75, 3.05) is 13.1 Å². The molecule has 1 saturated heterocycles. The van der Waals surface area contributed by atoms with Crippen LogP contribution in [0.25, 0.3) is 0 Å². The Morgan fingerprint density at radius 3 is 2.60 bits per heavy atom. The van der Waals surface area contributed by atoms with E-state index in [2.05, 4.69) is 10.3 Å². The Balaban J connectivity index is 1.92. The summed E-state index contributed by atoms with van der Waals surface area (Å²) in [6, 6.07) is 8.79. The first kappa shape index (κ1) is 17.6. The summed E-state index contributed by atoms with van der Waals surface area (Å²) in [4.78, 5) is 30.0. The van der Waals surface area contributed by atoms with Gasteiger partial charge in [-0.05, 0) is 25.0 Å². The Labute approximate surface area is 148 Å². The number of carbonyl (C=O) groups excluding carboxylic acids is 2. The van der Waals surface area contributed by atoms with E-state index in [4.69, 9.17) is 5.73 Å². The lowest BCUT2D eigenvalue weighted by Gasteiger charge is -2.35. The molecule has 0 saturated carbocycles. The van der Waals surface area contributed by atoms with E-state index in [1.54, 1.807) is 0 Å². The van der Waals surface area contributed by atoms with Gasteiger partial charge in [0.05, 0.1) is 6.54 Å². The zero-order valence-electron chi connectivity index (χ0n) is 14.6. The Morgan fingerprint density at radius 2 is 1.84 bits per heavy atom. The number of primary amides is 1. The van der Waals surface area contributed by atoms with Gasteiger partial charge in [-0.3, -0.25) is 15.1 Å². The minimum Gasteiger partial charge on any atom is -0.364 e. The lowest BCUT2D eigenvalue weighted by Crippen LogP contribution is -2.65. The van der Waals surface area contributed by atoms with Crippen LogP contribution < -0.4 is 15.5 Å². The van der Waals surface area contributed by atoms with Gasteiger partial charge in [-0.15, -0.1) is 0 Å². The summed E-state index contributed by atoms with van der Waals surface area (Å²) in [5, 5.41) is 3.03. The summed E-state index contributed by atoms with van der Waals surface area (Å²) >= 11 is 0. The van der Waals surface area contributed by atoms with Crippen LogP contribution in [0.4, 0.5) is 10.5 Å². The van der Waals surface area contributed by atoms with Gasteiger partial charge in [-0.1, -0.05) is 31.0 Å². The number of benzene rings is 1. The molecule has 1 aromatic rings. The van der Waals surface area contributed by atoms with Gasteiger partial charge in [0.2, 0.25) is 0 Å². The molecule has 134 valence electrons. The standard InChI is InChI=1S/C19H26N4O2/c20-18(24)16-11-8-14-23(16,15-9-4-3-5-10-15)19(25)22-17-12-6-1-2-7-13-21-17/h3-5,9-10,16H,1-2,6-8,11-14H2,(H2-,20,21,22,24,25)/p+1. The molecule has 3 rings (SSSR count). The van der Waals surface area contributed by atoms with Crippen molar-refractivity contribution in [1.82, 2.24) is 9.80 Å². The van der Waals surface area contributed by atoms with Crippen LogP contribution in [-0.2, 0) is 4.79 Å². The van der Waals surface area contributed by atoms with Crippen LogP contribution >= 0.6 is 0 Å². The van der Waals surface area contributed by atoms with Crippen molar-refractivity contribution >= 4 is 23.5 Å². The molecular weight excluding hydrogens is 316 g/mol. The van der Waals surface area contributed by atoms with Gasteiger partial charge < -0.3 is 5.73 Å². The molecule has 0 aromatic heterocycles. The molecule has 1 aromatic carbocycles. The Kier molecular flexibility index (Phi) is 5.48. The third-order valence-corrected chi connectivity index (χ3v) is 5.30. The van der Waals surface area contributed by atoms with Crippen LogP contribution in [0.15, 0.2) is 35.3 Å². The number of aliphatic imine (C=N–C) groups is 1. The van der Waals surface area contributed by atoms with Crippen molar-refractivity contribution in [3.8, 4) is 0 Å². The lowest BCUT2D eigenvalue weighted by atomic mass is 10.1. The van der Waals surface area contributed by atoms with Crippen molar-refractivity contribution in [2.24, 2.45) is 10.7 Å². The summed E-state index contributed by atoms with van der Waals surface area (Å²) in [6.45, 7) is 1.33. The smallest absolute Gasteiger partial charge is 0.364 e. The summed E-state index contributed by atoms with van der Waals surface area (Å²) in [5.41, 5.74) is 6.48. The van der Waals surface area contributed by atoms with Crippen LogP contribution in [0.5, 0.6) is 0 Å². The molecule has 0 radical (unpaired) electrons. The summed E-state index contributed by atoms with van der Waals surface area (Å²) in [7, 11) is 0. The van der Waals surface area contributed by atoms with Crippen LogP contribution in [0.2, 0.25) is 0 Å². The molecule has 25 heavy (non-hydrogen) atoms. The van der Waals surface area contributed by atoms with E-state index in [0.717, 1.165) is 50.2 Å². The zero-order valence-corrected chi connectivity index (χ0v) is 14.6. The van der Waals surface area contributed by atoms with Crippen molar-refractivity contribution in [3.63, 3.8) is 0 Å². The second-order valence-corrected chi connectivity index (χ2v) is 6.91. The lowest BCUT2D eigenvalue weighted by molar-refractivity contribution is -0.121. The number of quaternary nitrogens is 1. The molecule has 2 aliphatic heterocycles. The first-order valence-electron chi connectivity index (χ1n) is 9.22. The van der Waals surface area contributed by atoms with E-state index in [1.807, 2.05) is 30.3 Å². The van der Waals surface area contributed by atoms with Gasteiger partial charge in [0, 0.05) is 25.8 Å². The number of nitrogens with one attached hydrogen (secondary N) is 1. The van der Waals surface area contributed by atoms with Gasteiger partial charge >= 0.3 is 6.03 Å². The molecule has 2 unspecified atom stereocenters. The van der Waals surface area contributed by atoms with Crippen molar-refractivity contribution < 1.29 is 9.59 Å². The third-order valence-electron chi connectivity index (χ3n) is 5.30. The quantitative estimate of drug-likeness (QED) is 0.809. The molecule has 1 fully saturated rings. The molecule has 6 nitrogen and oxygen atoms in total. The predicted molar refractivity (Wildman–Crippen MR) is 99.2 cm³/mol. The topological polar surface area (TPSA) is 84.5 Å². The number of likely N-dealkylation sites (tertiary alicyclic amines) is 1. The fourth-order valence-corrected chi connectivity index (χ4v) is 4.01. The highest BCUT2D eigenvalue weighted by molar-refractivity contribution is 6.04. The number of amides is 3. The van der Waals surface area contributed by atoms with Crippen molar-refractivity contribution in [1.29, 1.82) is 0 Å². The van der Waals surface area contributed by atoms with Crippen LogP contribution in [0.1, 0.15) is 44.9 Å². The number of hydrogen-bond acceptors (Lipinski definition) is 3. The summed E-state index contributed by atoms with van der Waals surface area (Å²) in [5.74, 6) is 0.323. The number of nitrogens with two attached hydrogens (primary N) is 1. The highest BCUT2D eigenvalue weighted by Gasteiger charge is 2.53. The van der Waals surface area contributed by atoms with Gasteiger partial charge in [0.25, 0.3) is 5.91 Å². The first-order valence-corrected chi connectivity index (χ1v) is 9.22. The number of rotatable bonds is 2. The Morgan fingerprint density at radius 1 is 1.08 bits per heavy atom. The van der Waals surface area contributed by atoms with E-state index >= 15 is 0 Å². The summed E-state index contributed by atoms with van der Waals surface area (Å²) < 4.78 is -0.0464. The van der Waals surface area contributed by atoms with E-state index in [0.29, 0.717) is 13.0 Å². The highest BCUT2D eigenvalue weighted by Crippen LogP contribution is 2.34. The largest absolute Gasteiger partial charge is 0.427 e. The third kappa shape index (κ3) is 3.58. The van der Waals surface area contributed by atoms with E-state index in [9.17, 15) is 9.59 Å². The Bertz CT molecular complexity index is 659. The van der Waals surface area contributed by atoms with Crippen molar-refractivity contribution in [2.45, 2.75) is 51.0 Å². The van der Waals surface area contributed by atoms with Gasteiger partial charge in [0.15, 0.2) is 6.04 Å². The molecule has 0 bridgehead atoms. The molecular formula is C19H27N4O2+. The monoisotopic (exact) mass is 343 g/mol. The molecule has 0 spiro atoms. The minimum atomic E-state index is -0.531. The van der Waals surface area contributed by atoms with Gasteiger partial charge in [-0.2, -0.15) is 4.48 Å². The molecule has 2 atom stereocenters. The molecule has 0 aliphatic carbocycles. The number of nitrogens with zero attached hydrogens (tertiary/aromatic N) is 2. The highest BCUT2D eigenvalue weighted by atomic mass is 16.2.